The van der Waals surface area contributed by atoms with Gasteiger partial charge >= 0.3 is 0 Å². The van der Waals surface area contributed by atoms with Crippen LogP contribution in [0.4, 0.5) is 5.69 Å². The second-order valence-electron chi connectivity index (χ2n) is 4.10. The highest BCUT2D eigenvalue weighted by atomic mass is 35.5. The number of aromatic hydroxyl groups is 1. The van der Waals surface area contributed by atoms with Gasteiger partial charge in [0.2, 0.25) is 0 Å². The van der Waals surface area contributed by atoms with Gasteiger partial charge in [-0.25, -0.2) is 0 Å². The standard InChI is InChI=1S/C13H14ClN3O3/c1-20-5-4-17-8-10(7-15-17)16-13(19)11-3-2-9(14)6-12(11)18/h2-3,6-8,18H,4-5H2,1H3,(H,16,19). The first kappa shape index (κ1) is 14.4. The third kappa shape index (κ3) is 3.49. The first-order chi connectivity index (χ1) is 9.60. The molecule has 2 rings (SSSR count). The lowest BCUT2D eigenvalue weighted by molar-refractivity contribution is 0.102. The number of methoxy groups -OCH3 is 1. The molecule has 0 saturated heterocycles. The Kier molecular flexibility index (Phi) is 4.60. The van der Waals surface area contributed by atoms with Crippen molar-refractivity contribution in [3.05, 3.63) is 41.2 Å². The lowest BCUT2D eigenvalue weighted by atomic mass is 10.2. The Morgan fingerprint density at radius 2 is 2.35 bits per heavy atom. The van der Waals surface area contributed by atoms with Crippen molar-refractivity contribution in [3.8, 4) is 5.75 Å². The van der Waals surface area contributed by atoms with Crippen molar-refractivity contribution in [2.24, 2.45) is 0 Å². The first-order valence-electron chi connectivity index (χ1n) is 5.91. The number of benzene rings is 1. The summed E-state index contributed by atoms with van der Waals surface area (Å²) in [5.41, 5.74) is 0.694. The van der Waals surface area contributed by atoms with Gasteiger partial charge in [-0.1, -0.05) is 11.6 Å². The highest BCUT2D eigenvalue weighted by molar-refractivity contribution is 6.30. The quantitative estimate of drug-likeness (QED) is 0.886. The number of rotatable bonds is 5. The molecular formula is C13H14ClN3O3. The normalized spacial score (nSPS) is 10.5. The Labute approximate surface area is 120 Å². The van der Waals surface area contributed by atoms with E-state index in [1.165, 1.54) is 24.4 Å². The fourth-order valence-electron chi connectivity index (χ4n) is 1.63. The largest absolute Gasteiger partial charge is 0.507 e. The highest BCUT2D eigenvalue weighted by Gasteiger charge is 2.12. The van der Waals surface area contributed by atoms with Crippen molar-refractivity contribution >= 4 is 23.2 Å². The van der Waals surface area contributed by atoms with Crippen molar-refractivity contribution in [3.63, 3.8) is 0 Å². The Morgan fingerprint density at radius 3 is 3.05 bits per heavy atom. The van der Waals surface area contributed by atoms with E-state index in [1.54, 1.807) is 18.0 Å². The summed E-state index contributed by atoms with van der Waals surface area (Å²) < 4.78 is 6.59. The fraction of sp³-hybridized carbons (Fsp3) is 0.231. The van der Waals surface area contributed by atoms with Crippen LogP contribution in [0.3, 0.4) is 0 Å². The molecule has 0 aliphatic carbocycles. The summed E-state index contributed by atoms with van der Waals surface area (Å²) in [6.07, 6.45) is 3.21. The molecule has 1 heterocycles. The minimum Gasteiger partial charge on any atom is -0.507 e. The van der Waals surface area contributed by atoms with E-state index in [4.69, 9.17) is 16.3 Å². The van der Waals surface area contributed by atoms with Crippen LogP contribution < -0.4 is 5.32 Å². The van der Waals surface area contributed by atoms with Crippen LogP contribution in [0.1, 0.15) is 10.4 Å². The molecule has 0 spiro atoms. The van der Waals surface area contributed by atoms with E-state index in [0.717, 1.165) is 0 Å². The second kappa shape index (κ2) is 6.40. The monoisotopic (exact) mass is 295 g/mol. The molecule has 0 aliphatic heterocycles. The van der Waals surface area contributed by atoms with E-state index in [1.807, 2.05) is 0 Å². The van der Waals surface area contributed by atoms with Crippen LogP contribution >= 0.6 is 11.6 Å². The Bertz CT molecular complexity index is 613. The van der Waals surface area contributed by atoms with Crippen molar-refractivity contribution < 1.29 is 14.6 Å². The average Bonchev–Trinajstić information content (AvgIpc) is 2.83. The van der Waals surface area contributed by atoms with Gasteiger partial charge in [0.15, 0.2) is 0 Å². The SMILES string of the molecule is COCCn1cc(NC(=O)c2ccc(Cl)cc2O)cn1. The van der Waals surface area contributed by atoms with Crippen LogP contribution in [-0.4, -0.2) is 34.5 Å². The number of aromatic nitrogens is 2. The summed E-state index contributed by atoms with van der Waals surface area (Å²) in [6, 6.07) is 4.32. The minimum absolute atomic E-state index is 0.152. The second-order valence-corrected chi connectivity index (χ2v) is 4.54. The molecule has 0 bridgehead atoms. The van der Waals surface area contributed by atoms with E-state index in [2.05, 4.69) is 10.4 Å². The summed E-state index contributed by atoms with van der Waals surface area (Å²) in [6.45, 7) is 1.13. The van der Waals surface area contributed by atoms with Crippen molar-refractivity contribution in [1.82, 2.24) is 9.78 Å². The summed E-state index contributed by atoms with van der Waals surface area (Å²) >= 11 is 5.72. The van der Waals surface area contributed by atoms with Crippen LogP contribution in [-0.2, 0) is 11.3 Å². The number of hydrogen-bond acceptors (Lipinski definition) is 4. The molecule has 2 N–H and O–H groups in total. The maximum Gasteiger partial charge on any atom is 0.259 e. The zero-order chi connectivity index (χ0) is 14.5. The van der Waals surface area contributed by atoms with Crippen molar-refractivity contribution in [1.29, 1.82) is 0 Å². The topological polar surface area (TPSA) is 76.4 Å². The molecule has 1 aromatic heterocycles. The average molecular weight is 296 g/mol. The zero-order valence-corrected chi connectivity index (χ0v) is 11.6. The number of phenols is 1. The van der Waals surface area contributed by atoms with Gasteiger partial charge in [-0.2, -0.15) is 5.10 Å². The fourth-order valence-corrected chi connectivity index (χ4v) is 1.80. The molecule has 0 radical (unpaired) electrons. The maximum atomic E-state index is 12.0. The molecule has 20 heavy (non-hydrogen) atoms. The minimum atomic E-state index is -0.426. The predicted molar refractivity (Wildman–Crippen MR) is 75.2 cm³/mol. The lowest BCUT2D eigenvalue weighted by Gasteiger charge is -2.05. The first-order valence-corrected chi connectivity index (χ1v) is 6.29. The number of anilines is 1. The molecule has 2 aromatic rings. The molecule has 0 atom stereocenters. The van der Waals surface area contributed by atoms with E-state index in [0.29, 0.717) is 23.9 Å². The predicted octanol–water partition coefficient (Wildman–Crippen LogP) is 2.14. The number of ether oxygens (including phenoxy) is 1. The number of carbonyl (C=O) groups is 1. The van der Waals surface area contributed by atoms with Crippen LogP contribution in [0.2, 0.25) is 5.02 Å². The molecule has 0 unspecified atom stereocenters. The summed E-state index contributed by atoms with van der Waals surface area (Å²) in [4.78, 5) is 12.0. The van der Waals surface area contributed by atoms with E-state index in [-0.39, 0.29) is 11.3 Å². The number of phenolic OH excluding ortho intramolecular Hbond substituents is 1. The number of hydrogen-bond donors (Lipinski definition) is 2. The van der Waals surface area contributed by atoms with Gasteiger partial charge in [0.05, 0.1) is 30.6 Å². The Balaban J connectivity index is 2.05. The molecule has 106 valence electrons. The molecule has 0 aliphatic rings. The molecular weight excluding hydrogens is 282 g/mol. The number of carbonyl (C=O) groups excluding carboxylic acids is 1. The van der Waals surface area contributed by atoms with Crippen molar-refractivity contribution in [2.75, 3.05) is 19.0 Å². The molecule has 0 fully saturated rings. The number of halogens is 1. The number of nitrogens with one attached hydrogen (secondary N) is 1. The van der Waals surface area contributed by atoms with Crippen LogP contribution in [0.25, 0.3) is 0 Å². The summed E-state index contributed by atoms with van der Waals surface area (Å²) in [5.74, 6) is -0.591. The van der Waals surface area contributed by atoms with E-state index >= 15 is 0 Å². The smallest absolute Gasteiger partial charge is 0.259 e. The lowest BCUT2D eigenvalue weighted by Crippen LogP contribution is -2.11. The van der Waals surface area contributed by atoms with E-state index < -0.39 is 5.91 Å². The number of nitrogens with zero attached hydrogens (tertiary/aromatic N) is 2. The third-order valence-corrected chi connectivity index (χ3v) is 2.86. The van der Waals surface area contributed by atoms with Gasteiger partial charge in [-0.15, -0.1) is 0 Å². The van der Waals surface area contributed by atoms with Crippen LogP contribution in [0, 0.1) is 0 Å². The molecule has 0 saturated carbocycles. The Hall–Kier alpha value is -2.05. The van der Waals surface area contributed by atoms with E-state index in [9.17, 15) is 9.90 Å². The van der Waals surface area contributed by atoms with Gasteiger partial charge in [-0.05, 0) is 18.2 Å². The molecule has 1 aromatic carbocycles. The van der Waals surface area contributed by atoms with Gasteiger partial charge < -0.3 is 15.2 Å². The maximum absolute atomic E-state index is 12.0. The summed E-state index contributed by atoms with van der Waals surface area (Å²) in [5, 5.41) is 16.8. The zero-order valence-electron chi connectivity index (χ0n) is 10.8. The van der Waals surface area contributed by atoms with Gasteiger partial charge in [-0.3, -0.25) is 9.48 Å². The van der Waals surface area contributed by atoms with Gasteiger partial charge in [0.1, 0.15) is 5.75 Å². The van der Waals surface area contributed by atoms with Gasteiger partial charge in [0.25, 0.3) is 5.91 Å². The Morgan fingerprint density at radius 1 is 1.55 bits per heavy atom. The van der Waals surface area contributed by atoms with Crippen molar-refractivity contribution in [2.45, 2.75) is 6.54 Å². The van der Waals surface area contributed by atoms with Crippen LogP contribution in [0.5, 0.6) is 5.75 Å². The third-order valence-electron chi connectivity index (χ3n) is 2.62. The molecule has 6 nitrogen and oxygen atoms in total. The number of amides is 1. The summed E-state index contributed by atoms with van der Waals surface area (Å²) in [7, 11) is 1.61. The van der Waals surface area contributed by atoms with Gasteiger partial charge in [0, 0.05) is 18.3 Å². The van der Waals surface area contributed by atoms with Crippen LogP contribution in [0.15, 0.2) is 30.6 Å². The molecule has 1 amide bonds. The highest BCUT2D eigenvalue weighted by Crippen LogP contribution is 2.22. The molecule has 7 heteroatoms.